The van der Waals surface area contributed by atoms with Gasteiger partial charge in [-0.15, -0.1) is 11.8 Å². The summed E-state index contributed by atoms with van der Waals surface area (Å²) in [4.78, 5) is 4.67. The van der Waals surface area contributed by atoms with Gasteiger partial charge in [-0.1, -0.05) is 35.5 Å². The van der Waals surface area contributed by atoms with Crippen LogP contribution in [-0.2, 0) is 0 Å². The SMILES string of the molecule is COc1ccc(C2SC(SC)=Nc3ccc(Cl)cc32)cc1. The number of benzene rings is 2. The molecule has 0 aliphatic carbocycles. The number of hydrogen-bond acceptors (Lipinski definition) is 4. The summed E-state index contributed by atoms with van der Waals surface area (Å²) in [6, 6.07) is 14.1. The van der Waals surface area contributed by atoms with Crippen LogP contribution in [0.5, 0.6) is 5.75 Å². The van der Waals surface area contributed by atoms with E-state index in [0.717, 1.165) is 26.4 Å². The smallest absolute Gasteiger partial charge is 0.131 e. The average molecular weight is 336 g/mol. The van der Waals surface area contributed by atoms with Gasteiger partial charge in [0.2, 0.25) is 0 Å². The molecule has 0 saturated heterocycles. The molecule has 1 heterocycles. The lowest BCUT2D eigenvalue weighted by Crippen LogP contribution is -2.05. The molecule has 0 N–H and O–H groups in total. The average Bonchev–Trinajstić information content (AvgIpc) is 2.54. The molecule has 1 unspecified atom stereocenters. The number of fused-ring (bicyclic) bond motifs is 1. The van der Waals surface area contributed by atoms with Crippen molar-refractivity contribution in [3.05, 3.63) is 58.6 Å². The van der Waals surface area contributed by atoms with Gasteiger partial charge in [0.15, 0.2) is 0 Å². The van der Waals surface area contributed by atoms with Crippen molar-refractivity contribution >= 4 is 45.2 Å². The third-order valence-electron chi connectivity index (χ3n) is 3.30. The highest BCUT2D eigenvalue weighted by Gasteiger charge is 2.25. The number of ether oxygens (including phenoxy) is 1. The first-order valence-corrected chi connectivity index (χ1v) is 8.92. The first kappa shape index (κ1) is 14.8. The van der Waals surface area contributed by atoms with Crippen molar-refractivity contribution < 1.29 is 4.74 Å². The molecule has 5 heteroatoms. The van der Waals surface area contributed by atoms with Gasteiger partial charge in [0.05, 0.1) is 18.0 Å². The Morgan fingerprint density at radius 1 is 1.19 bits per heavy atom. The molecule has 0 radical (unpaired) electrons. The van der Waals surface area contributed by atoms with Crippen molar-refractivity contribution in [2.75, 3.05) is 13.4 Å². The van der Waals surface area contributed by atoms with E-state index >= 15 is 0 Å². The van der Waals surface area contributed by atoms with Gasteiger partial charge in [-0.2, -0.15) is 0 Å². The summed E-state index contributed by atoms with van der Waals surface area (Å²) in [5, 5.41) is 0.959. The summed E-state index contributed by atoms with van der Waals surface area (Å²) in [7, 11) is 1.68. The fraction of sp³-hybridized carbons (Fsp3) is 0.188. The van der Waals surface area contributed by atoms with Gasteiger partial charge >= 0.3 is 0 Å². The molecular weight excluding hydrogens is 322 g/mol. The second-order valence-electron chi connectivity index (χ2n) is 4.56. The topological polar surface area (TPSA) is 21.6 Å². The van der Waals surface area contributed by atoms with Crippen LogP contribution < -0.4 is 4.74 Å². The molecular formula is C16H14ClNOS2. The molecule has 0 aromatic heterocycles. The second kappa shape index (κ2) is 6.34. The van der Waals surface area contributed by atoms with E-state index < -0.39 is 0 Å². The molecule has 0 bridgehead atoms. The predicted octanol–water partition coefficient (Wildman–Crippen LogP) is 5.54. The molecule has 0 spiro atoms. The third kappa shape index (κ3) is 3.07. The van der Waals surface area contributed by atoms with E-state index in [0.29, 0.717) is 0 Å². The zero-order valence-corrected chi connectivity index (χ0v) is 14.1. The Bertz CT molecular complexity index is 685. The van der Waals surface area contributed by atoms with Crippen molar-refractivity contribution in [2.45, 2.75) is 5.25 Å². The Morgan fingerprint density at radius 2 is 1.95 bits per heavy atom. The van der Waals surface area contributed by atoms with Crippen LogP contribution >= 0.6 is 35.1 Å². The predicted molar refractivity (Wildman–Crippen MR) is 94.5 cm³/mol. The molecule has 2 aromatic rings. The van der Waals surface area contributed by atoms with E-state index in [1.54, 1.807) is 30.6 Å². The van der Waals surface area contributed by atoms with Gasteiger partial charge in [-0.25, -0.2) is 4.99 Å². The molecule has 3 rings (SSSR count). The lowest BCUT2D eigenvalue weighted by Gasteiger charge is -2.24. The summed E-state index contributed by atoms with van der Waals surface area (Å²) >= 11 is 9.60. The molecule has 2 nitrogen and oxygen atoms in total. The van der Waals surface area contributed by atoms with Crippen LogP contribution in [0.1, 0.15) is 16.4 Å². The quantitative estimate of drug-likeness (QED) is 0.719. The molecule has 1 aliphatic rings. The monoisotopic (exact) mass is 335 g/mol. The van der Waals surface area contributed by atoms with Crippen molar-refractivity contribution in [1.82, 2.24) is 0 Å². The van der Waals surface area contributed by atoms with E-state index in [1.165, 1.54) is 5.56 Å². The maximum Gasteiger partial charge on any atom is 0.131 e. The van der Waals surface area contributed by atoms with Crippen LogP contribution in [0.2, 0.25) is 5.02 Å². The standard InChI is InChI=1S/C16H14ClNOS2/c1-19-12-6-3-10(4-7-12)15-13-9-11(17)5-8-14(13)18-16(20-2)21-15/h3-9,15H,1-2H3. The fourth-order valence-corrected chi connectivity index (χ4v) is 4.25. The number of halogens is 1. The minimum atomic E-state index is 0.213. The fourth-order valence-electron chi connectivity index (χ4n) is 2.25. The molecule has 0 saturated carbocycles. The number of nitrogens with zero attached hydrogens (tertiary/aromatic N) is 1. The summed E-state index contributed by atoms with van der Waals surface area (Å²) in [5.41, 5.74) is 3.39. The Labute approximate surface area is 138 Å². The molecule has 108 valence electrons. The highest BCUT2D eigenvalue weighted by atomic mass is 35.5. The Hall–Kier alpha value is -1.10. The second-order valence-corrected chi connectivity index (χ2v) is 7.14. The number of methoxy groups -OCH3 is 1. The molecule has 2 aromatic carbocycles. The molecule has 0 amide bonds. The minimum Gasteiger partial charge on any atom is -0.497 e. The van der Waals surface area contributed by atoms with Gasteiger partial charge in [-0.3, -0.25) is 0 Å². The van der Waals surface area contributed by atoms with E-state index in [-0.39, 0.29) is 5.25 Å². The highest BCUT2D eigenvalue weighted by Crippen LogP contribution is 2.47. The number of aliphatic imine (C=N–C) groups is 1. The van der Waals surface area contributed by atoms with Crippen molar-refractivity contribution in [1.29, 1.82) is 0 Å². The van der Waals surface area contributed by atoms with Crippen LogP contribution in [-0.4, -0.2) is 17.7 Å². The third-order valence-corrected chi connectivity index (χ3v) is 5.81. The van der Waals surface area contributed by atoms with Gasteiger partial charge in [0, 0.05) is 5.02 Å². The van der Waals surface area contributed by atoms with Crippen LogP contribution in [0.3, 0.4) is 0 Å². The molecule has 1 atom stereocenters. The molecule has 1 aliphatic heterocycles. The van der Waals surface area contributed by atoms with Crippen molar-refractivity contribution in [3.8, 4) is 5.75 Å². The first-order chi connectivity index (χ1) is 10.2. The van der Waals surface area contributed by atoms with Gasteiger partial charge in [-0.05, 0) is 47.7 Å². The normalized spacial score (nSPS) is 17.1. The minimum absolute atomic E-state index is 0.213. The summed E-state index contributed by atoms with van der Waals surface area (Å²) in [5.74, 6) is 0.865. The van der Waals surface area contributed by atoms with E-state index in [4.69, 9.17) is 16.3 Å². The van der Waals surface area contributed by atoms with Crippen LogP contribution in [0, 0.1) is 0 Å². The largest absolute Gasteiger partial charge is 0.497 e. The first-order valence-electron chi connectivity index (χ1n) is 6.44. The Balaban J connectivity index is 2.05. The van der Waals surface area contributed by atoms with E-state index in [1.807, 2.05) is 30.3 Å². The lowest BCUT2D eigenvalue weighted by molar-refractivity contribution is 0.414. The summed E-state index contributed by atoms with van der Waals surface area (Å²) in [6.07, 6.45) is 2.05. The van der Waals surface area contributed by atoms with Gasteiger partial charge in [0.1, 0.15) is 10.1 Å². The molecule has 21 heavy (non-hydrogen) atoms. The van der Waals surface area contributed by atoms with Gasteiger partial charge < -0.3 is 4.74 Å². The summed E-state index contributed by atoms with van der Waals surface area (Å²) < 4.78 is 6.31. The number of thioether (sulfide) groups is 2. The Kier molecular flexibility index (Phi) is 4.48. The Morgan fingerprint density at radius 3 is 2.62 bits per heavy atom. The van der Waals surface area contributed by atoms with E-state index in [2.05, 4.69) is 23.4 Å². The van der Waals surface area contributed by atoms with Crippen molar-refractivity contribution in [3.63, 3.8) is 0 Å². The maximum absolute atomic E-state index is 6.16. The van der Waals surface area contributed by atoms with Crippen LogP contribution in [0.15, 0.2) is 47.5 Å². The van der Waals surface area contributed by atoms with Crippen LogP contribution in [0.4, 0.5) is 5.69 Å². The van der Waals surface area contributed by atoms with Crippen LogP contribution in [0.25, 0.3) is 0 Å². The zero-order valence-electron chi connectivity index (χ0n) is 11.7. The summed E-state index contributed by atoms with van der Waals surface area (Å²) in [6.45, 7) is 0. The molecule has 0 fully saturated rings. The zero-order chi connectivity index (χ0) is 14.8. The highest BCUT2D eigenvalue weighted by molar-refractivity contribution is 8.38. The maximum atomic E-state index is 6.16. The van der Waals surface area contributed by atoms with Gasteiger partial charge in [0.25, 0.3) is 0 Å². The van der Waals surface area contributed by atoms with Crippen molar-refractivity contribution in [2.24, 2.45) is 4.99 Å². The number of rotatable bonds is 2. The number of hydrogen-bond donors (Lipinski definition) is 0. The lowest BCUT2D eigenvalue weighted by atomic mass is 10.0. The van der Waals surface area contributed by atoms with E-state index in [9.17, 15) is 0 Å².